The third-order valence-electron chi connectivity index (χ3n) is 2.19. The van der Waals surface area contributed by atoms with Crippen molar-refractivity contribution in [1.82, 2.24) is 0 Å². The molecule has 0 radical (unpaired) electrons. The molecule has 0 aliphatic heterocycles. The molecular formula is C10H10BrF2NO3. The Morgan fingerprint density at radius 3 is 2.65 bits per heavy atom. The SMILES string of the molecule is COc1cc(C(F)(F)C(N)C(=O)O)ccc1Br. The molecule has 7 heteroatoms. The lowest BCUT2D eigenvalue weighted by Gasteiger charge is -2.21. The second-order valence-corrected chi connectivity index (χ2v) is 4.14. The first-order valence-corrected chi connectivity index (χ1v) is 5.30. The fraction of sp³-hybridized carbons (Fsp3) is 0.300. The number of nitrogens with two attached hydrogens (primary N) is 1. The zero-order valence-corrected chi connectivity index (χ0v) is 10.4. The van der Waals surface area contributed by atoms with Crippen molar-refractivity contribution in [2.24, 2.45) is 5.73 Å². The monoisotopic (exact) mass is 309 g/mol. The Morgan fingerprint density at radius 2 is 2.18 bits per heavy atom. The van der Waals surface area contributed by atoms with Gasteiger partial charge in [0.25, 0.3) is 5.92 Å². The highest BCUT2D eigenvalue weighted by atomic mass is 79.9. The standard InChI is InChI=1S/C10H10BrF2NO3/c1-17-7-4-5(2-3-6(7)11)10(12,13)8(14)9(15)16/h2-4,8H,14H2,1H3,(H,15,16). The minimum absolute atomic E-state index is 0.180. The number of carboxylic acid groups (broad SMARTS) is 1. The third kappa shape index (κ3) is 2.73. The second kappa shape index (κ2) is 4.97. The van der Waals surface area contributed by atoms with Gasteiger partial charge in [-0.25, -0.2) is 0 Å². The predicted molar refractivity (Wildman–Crippen MR) is 60.2 cm³/mol. The molecule has 1 aromatic carbocycles. The lowest BCUT2D eigenvalue weighted by atomic mass is 10.0. The van der Waals surface area contributed by atoms with Gasteiger partial charge in [-0.1, -0.05) is 6.07 Å². The molecular weight excluding hydrogens is 300 g/mol. The largest absolute Gasteiger partial charge is 0.496 e. The molecule has 1 rings (SSSR count). The van der Waals surface area contributed by atoms with E-state index in [1.54, 1.807) is 0 Å². The molecule has 0 aliphatic rings. The lowest BCUT2D eigenvalue weighted by Crippen LogP contribution is -2.45. The number of ether oxygens (including phenoxy) is 1. The van der Waals surface area contributed by atoms with Gasteiger partial charge >= 0.3 is 5.97 Å². The van der Waals surface area contributed by atoms with Gasteiger partial charge in [-0.2, -0.15) is 8.78 Å². The van der Waals surface area contributed by atoms with E-state index >= 15 is 0 Å². The number of rotatable bonds is 4. The molecule has 0 fully saturated rings. The van der Waals surface area contributed by atoms with Gasteiger partial charge in [0, 0.05) is 5.56 Å². The van der Waals surface area contributed by atoms with Crippen LogP contribution >= 0.6 is 15.9 Å². The third-order valence-corrected chi connectivity index (χ3v) is 2.85. The molecule has 0 heterocycles. The summed E-state index contributed by atoms with van der Waals surface area (Å²) < 4.78 is 32.7. The van der Waals surface area contributed by atoms with Crippen LogP contribution in [-0.2, 0) is 10.7 Å². The van der Waals surface area contributed by atoms with E-state index in [9.17, 15) is 13.6 Å². The van der Waals surface area contributed by atoms with Crippen LogP contribution in [0.5, 0.6) is 5.75 Å². The summed E-state index contributed by atoms with van der Waals surface area (Å²) in [6.07, 6.45) is 0. The maximum atomic E-state index is 13.7. The Balaban J connectivity index is 3.19. The first-order chi connectivity index (χ1) is 7.80. The average Bonchev–Trinajstić information content (AvgIpc) is 2.28. The van der Waals surface area contributed by atoms with Crippen molar-refractivity contribution in [2.75, 3.05) is 7.11 Å². The summed E-state index contributed by atoms with van der Waals surface area (Å²) in [5.41, 5.74) is 4.45. The molecule has 17 heavy (non-hydrogen) atoms. The van der Waals surface area contributed by atoms with Crippen molar-refractivity contribution in [3.05, 3.63) is 28.2 Å². The van der Waals surface area contributed by atoms with Crippen LogP contribution in [0.25, 0.3) is 0 Å². The summed E-state index contributed by atoms with van der Waals surface area (Å²) >= 11 is 3.11. The normalized spacial score (nSPS) is 13.2. The maximum Gasteiger partial charge on any atom is 0.327 e. The summed E-state index contributed by atoms with van der Waals surface area (Å²) in [7, 11) is 1.32. The van der Waals surface area contributed by atoms with E-state index in [-0.39, 0.29) is 5.75 Å². The zero-order chi connectivity index (χ0) is 13.2. The predicted octanol–water partition coefficient (Wildman–Crippen LogP) is 1.96. The molecule has 0 bridgehead atoms. The van der Waals surface area contributed by atoms with Crippen LogP contribution < -0.4 is 10.5 Å². The summed E-state index contributed by atoms with van der Waals surface area (Å²) in [6.45, 7) is 0. The summed E-state index contributed by atoms with van der Waals surface area (Å²) in [4.78, 5) is 10.5. The Morgan fingerprint density at radius 1 is 1.59 bits per heavy atom. The molecule has 0 saturated carbocycles. The van der Waals surface area contributed by atoms with Crippen molar-refractivity contribution in [2.45, 2.75) is 12.0 Å². The van der Waals surface area contributed by atoms with E-state index in [0.29, 0.717) is 4.47 Å². The molecule has 0 aliphatic carbocycles. The van der Waals surface area contributed by atoms with E-state index in [2.05, 4.69) is 15.9 Å². The van der Waals surface area contributed by atoms with Crippen LogP contribution in [0.2, 0.25) is 0 Å². The Labute approximate surface area is 104 Å². The first-order valence-electron chi connectivity index (χ1n) is 4.51. The van der Waals surface area contributed by atoms with Crippen LogP contribution in [0, 0.1) is 0 Å². The quantitative estimate of drug-likeness (QED) is 0.892. The van der Waals surface area contributed by atoms with Gasteiger partial charge in [-0.3, -0.25) is 4.79 Å². The Hall–Kier alpha value is -1.21. The number of hydrogen-bond acceptors (Lipinski definition) is 3. The number of aliphatic carboxylic acids is 1. The van der Waals surface area contributed by atoms with Crippen molar-refractivity contribution in [3.63, 3.8) is 0 Å². The average molecular weight is 310 g/mol. The van der Waals surface area contributed by atoms with E-state index < -0.39 is 23.5 Å². The van der Waals surface area contributed by atoms with Gasteiger partial charge < -0.3 is 15.6 Å². The van der Waals surface area contributed by atoms with Crippen LogP contribution in [0.15, 0.2) is 22.7 Å². The molecule has 0 aromatic heterocycles. The number of halogens is 3. The molecule has 4 nitrogen and oxygen atoms in total. The van der Waals surface area contributed by atoms with Crippen molar-refractivity contribution >= 4 is 21.9 Å². The second-order valence-electron chi connectivity index (χ2n) is 3.29. The zero-order valence-electron chi connectivity index (χ0n) is 8.78. The van der Waals surface area contributed by atoms with Crippen LogP contribution in [0.1, 0.15) is 5.56 Å². The summed E-state index contributed by atoms with van der Waals surface area (Å²) in [5.74, 6) is -5.25. The minimum atomic E-state index is -3.67. The molecule has 1 atom stereocenters. The van der Waals surface area contributed by atoms with Crippen molar-refractivity contribution < 1.29 is 23.4 Å². The van der Waals surface area contributed by atoms with Gasteiger partial charge in [0.15, 0.2) is 6.04 Å². The highest BCUT2D eigenvalue weighted by molar-refractivity contribution is 9.10. The van der Waals surface area contributed by atoms with Gasteiger partial charge in [0.1, 0.15) is 5.75 Å². The number of alkyl halides is 2. The Kier molecular flexibility index (Phi) is 4.05. The number of methoxy groups -OCH3 is 1. The lowest BCUT2D eigenvalue weighted by molar-refractivity contribution is -0.149. The molecule has 3 N–H and O–H groups in total. The highest BCUT2D eigenvalue weighted by Crippen LogP contribution is 2.35. The van der Waals surface area contributed by atoms with E-state index in [1.165, 1.54) is 13.2 Å². The summed E-state index contributed by atoms with van der Waals surface area (Å²) in [6, 6.07) is 1.19. The number of carboxylic acids is 1. The molecule has 1 unspecified atom stereocenters. The van der Waals surface area contributed by atoms with Crippen molar-refractivity contribution in [1.29, 1.82) is 0 Å². The number of hydrogen-bond donors (Lipinski definition) is 2. The van der Waals surface area contributed by atoms with Crippen LogP contribution in [0.4, 0.5) is 8.78 Å². The number of carbonyl (C=O) groups is 1. The van der Waals surface area contributed by atoms with E-state index in [4.69, 9.17) is 15.6 Å². The van der Waals surface area contributed by atoms with Crippen LogP contribution in [-0.4, -0.2) is 24.2 Å². The fourth-order valence-corrected chi connectivity index (χ4v) is 1.61. The smallest absolute Gasteiger partial charge is 0.327 e. The van der Waals surface area contributed by atoms with E-state index in [0.717, 1.165) is 12.1 Å². The van der Waals surface area contributed by atoms with Gasteiger partial charge in [0.05, 0.1) is 11.6 Å². The molecule has 94 valence electrons. The van der Waals surface area contributed by atoms with Crippen molar-refractivity contribution in [3.8, 4) is 5.75 Å². The fourth-order valence-electron chi connectivity index (χ4n) is 1.20. The first kappa shape index (κ1) is 13.9. The Bertz CT molecular complexity index is 440. The molecule has 0 saturated heterocycles. The molecule has 1 aromatic rings. The highest BCUT2D eigenvalue weighted by Gasteiger charge is 2.44. The maximum absolute atomic E-state index is 13.7. The van der Waals surface area contributed by atoms with Crippen LogP contribution in [0.3, 0.4) is 0 Å². The molecule has 0 amide bonds. The van der Waals surface area contributed by atoms with Gasteiger partial charge in [-0.15, -0.1) is 0 Å². The van der Waals surface area contributed by atoms with E-state index in [1.807, 2.05) is 0 Å². The summed E-state index contributed by atoms with van der Waals surface area (Å²) in [5, 5.41) is 8.51. The van der Waals surface area contributed by atoms with Gasteiger partial charge in [-0.05, 0) is 28.1 Å². The number of benzene rings is 1. The van der Waals surface area contributed by atoms with Gasteiger partial charge in [0.2, 0.25) is 0 Å². The topological polar surface area (TPSA) is 72.5 Å². The molecule has 0 spiro atoms. The minimum Gasteiger partial charge on any atom is -0.496 e.